The summed E-state index contributed by atoms with van der Waals surface area (Å²) in [4.78, 5) is 37.6. The number of carbonyl (C=O) groups excluding carboxylic acids is 3. The van der Waals surface area contributed by atoms with Crippen molar-refractivity contribution in [1.82, 2.24) is 0 Å². The summed E-state index contributed by atoms with van der Waals surface area (Å²) in [5.74, 6) is -0.00262. The fourth-order valence-corrected chi connectivity index (χ4v) is 2.88. The number of nitrogens with one attached hydrogen (secondary N) is 1. The van der Waals surface area contributed by atoms with Gasteiger partial charge >= 0.3 is 0 Å². The number of carbonyl (C=O) groups is 3. The minimum Gasteiger partial charge on any atom is -0.508 e. The van der Waals surface area contributed by atoms with Crippen LogP contribution in [0.2, 0.25) is 0 Å². The summed E-state index contributed by atoms with van der Waals surface area (Å²) in [6.45, 7) is 3.29. The number of benzene rings is 2. The van der Waals surface area contributed by atoms with Gasteiger partial charge in [-0.05, 0) is 55.8 Å². The SMILES string of the molecule is CC(=O)c1ccc2c(c1)N(CCC(=O)Nc1ccc(O)cc1C)C(=O)CO2. The van der Waals surface area contributed by atoms with Crippen molar-refractivity contribution in [1.29, 1.82) is 0 Å². The number of amides is 2. The number of hydrogen-bond acceptors (Lipinski definition) is 5. The second kappa shape index (κ2) is 7.49. The molecule has 0 aromatic heterocycles. The minimum absolute atomic E-state index is 0.0792. The van der Waals surface area contributed by atoms with Crippen LogP contribution in [0, 0.1) is 6.92 Å². The highest BCUT2D eigenvalue weighted by molar-refractivity contribution is 6.02. The highest BCUT2D eigenvalue weighted by Gasteiger charge is 2.26. The largest absolute Gasteiger partial charge is 0.508 e. The van der Waals surface area contributed by atoms with Gasteiger partial charge < -0.3 is 20.1 Å². The molecule has 0 aliphatic carbocycles. The van der Waals surface area contributed by atoms with Crippen molar-refractivity contribution in [2.75, 3.05) is 23.4 Å². The Labute approximate surface area is 156 Å². The minimum atomic E-state index is -0.267. The highest BCUT2D eigenvalue weighted by Crippen LogP contribution is 2.33. The number of rotatable bonds is 5. The number of phenols is 1. The van der Waals surface area contributed by atoms with Crippen LogP contribution in [0.3, 0.4) is 0 Å². The molecule has 3 rings (SSSR count). The maximum absolute atomic E-state index is 12.3. The van der Waals surface area contributed by atoms with E-state index in [2.05, 4.69) is 5.32 Å². The van der Waals surface area contributed by atoms with Crippen molar-refractivity contribution in [2.24, 2.45) is 0 Å². The van der Waals surface area contributed by atoms with E-state index >= 15 is 0 Å². The molecule has 1 aliphatic rings. The van der Waals surface area contributed by atoms with Crippen LogP contribution in [0.25, 0.3) is 0 Å². The topological polar surface area (TPSA) is 95.9 Å². The van der Waals surface area contributed by atoms with E-state index in [1.807, 2.05) is 0 Å². The summed E-state index contributed by atoms with van der Waals surface area (Å²) in [5, 5.41) is 12.2. The first-order valence-electron chi connectivity index (χ1n) is 8.53. The predicted octanol–water partition coefficient (Wildman–Crippen LogP) is 2.66. The molecule has 0 radical (unpaired) electrons. The third-order valence-electron chi connectivity index (χ3n) is 4.36. The third kappa shape index (κ3) is 4.08. The van der Waals surface area contributed by atoms with Gasteiger partial charge in [-0.25, -0.2) is 0 Å². The predicted molar refractivity (Wildman–Crippen MR) is 100 cm³/mol. The maximum Gasteiger partial charge on any atom is 0.265 e. The Hall–Kier alpha value is -3.35. The molecule has 0 spiro atoms. The summed E-state index contributed by atoms with van der Waals surface area (Å²) in [6.07, 6.45) is 0.0792. The molecular weight excluding hydrogens is 348 g/mol. The van der Waals surface area contributed by atoms with Gasteiger partial charge in [-0.15, -0.1) is 0 Å². The molecule has 0 unspecified atom stereocenters. The van der Waals surface area contributed by atoms with Crippen LogP contribution in [0.4, 0.5) is 11.4 Å². The molecule has 140 valence electrons. The van der Waals surface area contributed by atoms with E-state index in [4.69, 9.17) is 4.74 Å². The fraction of sp³-hybridized carbons (Fsp3) is 0.250. The number of aromatic hydroxyl groups is 1. The van der Waals surface area contributed by atoms with Gasteiger partial charge in [0.1, 0.15) is 11.5 Å². The summed E-state index contributed by atoms with van der Waals surface area (Å²) >= 11 is 0. The lowest BCUT2D eigenvalue weighted by molar-refractivity contribution is -0.121. The van der Waals surface area contributed by atoms with Crippen LogP contribution >= 0.6 is 0 Å². The van der Waals surface area contributed by atoms with Crippen molar-refractivity contribution < 1.29 is 24.2 Å². The van der Waals surface area contributed by atoms with Crippen molar-refractivity contribution in [2.45, 2.75) is 20.3 Å². The van der Waals surface area contributed by atoms with Gasteiger partial charge in [-0.2, -0.15) is 0 Å². The van der Waals surface area contributed by atoms with E-state index in [9.17, 15) is 19.5 Å². The highest BCUT2D eigenvalue weighted by atomic mass is 16.5. The molecule has 1 aliphatic heterocycles. The van der Waals surface area contributed by atoms with Crippen LogP contribution in [0.1, 0.15) is 29.3 Å². The zero-order valence-electron chi connectivity index (χ0n) is 15.1. The zero-order valence-corrected chi connectivity index (χ0v) is 15.1. The Bertz CT molecular complexity index is 923. The van der Waals surface area contributed by atoms with Gasteiger partial charge in [0.15, 0.2) is 12.4 Å². The third-order valence-corrected chi connectivity index (χ3v) is 4.36. The second-order valence-corrected chi connectivity index (χ2v) is 6.37. The van der Waals surface area contributed by atoms with Gasteiger partial charge in [-0.1, -0.05) is 0 Å². The number of fused-ring (bicyclic) bond motifs is 1. The van der Waals surface area contributed by atoms with E-state index < -0.39 is 0 Å². The molecule has 0 atom stereocenters. The number of ketones is 1. The summed E-state index contributed by atoms with van der Waals surface area (Å²) in [6, 6.07) is 9.59. The van der Waals surface area contributed by atoms with Crippen molar-refractivity contribution in [3.05, 3.63) is 47.5 Å². The standard InChI is InChI=1S/C20H20N2O5/c1-12-9-15(24)4-5-16(12)21-19(25)7-8-22-17-10-14(13(2)23)3-6-18(17)27-11-20(22)26/h3-6,9-10,24H,7-8,11H2,1-2H3,(H,21,25). The smallest absolute Gasteiger partial charge is 0.265 e. The van der Waals surface area contributed by atoms with Gasteiger partial charge in [0, 0.05) is 24.2 Å². The van der Waals surface area contributed by atoms with E-state index in [-0.39, 0.29) is 42.9 Å². The molecule has 2 aromatic rings. The molecule has 2 amide bonds. The molecule has 0 saturated carbocycles. The van der Waals surface area contributed by atoms with E-state index in [0.29, 0.717) is 22.7 Å². The molecule has 0 saturated heterocycles. The summed E-state index contributed by atoms with van der Waals surface area (Å²) in [5.41, 5.74) is 2.31. The molecular formula is C20H20N2O5. The van der Waals surface area contributed by atoms with Crippen LogP contribution in [0.5, 0.6) is 11.5 Å². The van der Waals surface area contributed by atoms with Crippen molar-refractivity contribution >= 4 is 29.0 Å². The zero-order chi connectivity index (χ0) is 19.6. The van der Waals surface area contributed by atoms with Gasteiger partial charge in [0.05, 0.1) is 5.69 Å². The molecule has 0 bridgehead atoms. The van der Waals surface area contributed by atoms with Crippen LogP contribution in [-0.2, 0) is 9.59 Å². The van der Waals surface area contributed by atoms with Gasteiger partial charge in [0.25, 0.3) is 5.91 Å². The molecule has 2 aromatic carbocycles. The first kappa shape index (κ1) is 18.4. The van der Waals surface area contributed by atoms with E-state index in [1.54, 1.807) is 37.3 Å². The average molecular weight is 368 g/mol. The second-order valence-electron chi connectivity index (χ2n) is 6.37. The number of phenolic OH excluding ortho intramolecular Hbond substituents is 1. The first-order chi connectivity index (χ1) is 12.8. The van der Waals surface area contributed by atoms with Crippen molar-refractivity contribution in [3.63, 3.8) is 0 Å². The Kier molecular flexibility index (Phi) is 5.12. The molecule has 7 heteroatoms. The van der Waals surface area contributed by atoms with Crippen LogP contribution < -0.4 is 15.0 Å². The lowest BCUT2D eigenvalue weighted by Crippen LogP contribution is -2.40. The number of anilines is 2. The fourth-order valence-electron chi connectivity index (χ4n) is 2.88. The van der Waals surface area contributed by atoms with E-state index in [1.165, 1.54) is 17.9 Å². The molecule has 2 N–H and O–H groups in total. The van der Waals surface area contributed by atoms with Crippen LogP contribution in [-0.4, -0.2) is 35.9 Å². The number of hydrogen-bond donors (Lipinski definition) is 2. The molecule has 1 heterocycles. The Morgan fingerprint density at radius 1 is 1.22 bits per heavy atom. The Balaban J connectivity index is 1.72. The number of Topliss-reactive ketones (excluding diaryl/α,β-unsaturated/α-hetero) is 1. The average Bonchev–Trinajstić information content (AvgIpc) is 2.62. The molecule has 7 nitrogen and oxygen atoms in total. The lowest BCUT2D eigenvalue weighted by Gasteiger charge is -2.29. The summed E-state index contributed by atoms with van der Waals surface area (Å²) < 4.78 is 5.40. The molecule has 27 heavy (non-hydrogen) atoms. The first-order valence-corrected chi connectivity index (χ1v) is 8.53. The lowest BCUT2D eigenvalue weighted by atomic mass is 10.1. The van der Waals surface area contributed by atoms with Crippen LogP contribution in [0.15, 0.2) is 36.4 Å². The van der Waals surface area contributed by atoms with Gasteiger partial charge in [0.2, 0.25) is 5.91 Å². The summed E-state index contributed by atoms with van der Waals surface area (Å²) in [7, 11) is 0. The quantitative estimate of drug-likeness (QED) is 0.625. The Morgan fingerprint density at radius 2 is 2.00 bits per heavy atom. The monoisotopic (exact) mass is 368 g/mol. The van der Waals surface area contributed by atoms with Crippen molar-refractivity contribution in [3.8, 4) is 11.5 Å². The van der Waals surface area contributed by atoms with E-state index in [0.717, 1.165) is 5.56 Å². The maximum atomic E-state index is 12.3. The number of ether oxygens (including phenoxy) is 1. The normalized spacial score (nSPS) is 13.0. The number of aryl methyl sites for hydroxylation is 1. The van der Waals surface area contributed by atoms with Gasteiger partial charge in [-0.3, -0.25) is 14.4 Å². The Morgan fingerprint density at radius 3 is 2.70 bits per heavy atom. The number of nitrogens with zero attached hydrogens (tertiary/aromatic N) is 1. The molecule has 0 fully saturated rings.